The van der Waals surface area contributed by atoms with Gasteiger partial charge in [0.15, 0.2) is 0 Å². The van der Waals surface area contributed by atoms with Gasteiger partial charge < -0.3 is 23.6 Å². The number of rotatable bonds is 7. The van der Waals surface area contributed by atoms with Crippen LogP contribution in [0, 0.1) is 0 Å². The summed E-state index contributed by atoms with van der Waals surface area (Å²) in [7, 11) is 5.97. The maximum absolute atomic E-state index is 13.6. The lowest BCUT2D eigenvalue weighted by Crippen LogP contribution is -2.30. The number of likely N-dealkylation sites (N-methyl/N-ethyl adjacent to an activating group) is 1. The Morgan fingerprint density at radius 2 is 1.76 bits per heavy atom. The highest BCUT2D eigenvalue weighted by Gasteiger charge is 2.24. The molecule has 1 N–H and O–H groups in total. The van der Waals surface area contributed by atoms with Crippen molar-refractivity contribution in [1.29, 1.82) is 0 Å². The number of carbonyl (C=O) groups excluding carboxylic acids is 1. The summed E-state index contributed by atoms with van der Waals surface area (Å²) in [5.41, 5.74) is 4.84. The molecule has 9 heteroatoms. The minimum atomic E-state index is -3.61. The van der Waals surface area contributed by atoms with Crippen LogP contribution in [0.4, 0.5) is 5.69 Å². The number of hydrogen-bond acceptors (Lipinski definition) is 5. The molecule has 1 atom stereocenters. The monoisotopic (exact) mass is 522 g/mol. The van der Waals surface area contributed by atoms with Crippen LogP contribution in [0.1, 0.15) is 10.4 Å². The van der Waals surface area contributed by atoms with Crippen molar-refractivity contribution in [1.82, 2.24) is 9.48 Å². The largest absolute Gasteiger partial charge is 0.456 e. The first-order valence-corrected chi connectivity index (χ1v) is 14.0. The van der Waals surface area contributed by atoms with Crippen LogP contribution < -0.4 is 14.8 Å². The van der Waals surface area contributed by atoms with Gasteiger partial charge in [0.25, 0.3) is 5.91 Å². The topological polar surface area (TPSA) is 86.2 Å². The van der Waals surface area contributed by atoms with Gasteiger partial charge >= 0.3 is 7.60 Å². The van der Waals surface area contributed by atoms with Crippen LogP contribution in [-0.2, 0) is 9.09 Å². The molecule has 0 aromatic heterocycles. The van der Waals surface area contributed by atoms with Gasteiger partial charge in [0, 0.05) is 74.2 Å². The van der Waals surface area contributed by atoms with Crippen molar-refractivity contribution < 1.29 is 23.2 Å². The normalized spacial score (nSPS) is 12.9. The number of hydrogen-bond donors (Lipinski definition) is 1. The first-order valence-electron chi connectivity index (χ1n) is 11.9. The molecule has 8 nitrogen and oxygen atoms in total. The molecule has 0 fully saturated rings. The van der Waals surface area contributed by atoms with Gasteiger partial charge in [-0.15, -0.1) is 0 Å². The van der Waals surface area contributed by atoms with Crippen LogP contribution in [0.25, 0.3) is 33.4 Å². The highest BCUT2D eigenvalue weighted by atomic mass is 31.2. The predicted octanol–water partition coefficient (Wildman–Crippen LogP) is 4.21. The molecule has 1 heterocycles. The Labute approximate surface area is 216 Å². The van der Waals surface area contributed by atoms with Crippen molar-refractivity contribution in [2.24, 2.45) is 0 Å². The zero-order valence-electron chi connectivity index (χ0n) is 22.1. The summed E-state index contributed by atoms with van der Waals surface area (Å²) in [6.45, 7) is 1.27. The van der Waals surface area contributed by atoms with Crippen molar-refractivity contribution in [3.8, 4) is 22.5 Å². The van der Waals surface area contributed by atoms with Crippen LogP contribution in [0.2, 0.25) is 0 Å². The van der Waals surface area contributed by atoms with Gasteiger partial charge in [-0.25, -0.2) is 4.58 Å². The molecule has 0 radical (unpaired) electrons. The van der Waals surface area contributed by atoms with Gasteiger partial charge in [-0.05, 0) is 29.8 Å². The zero-order chi connectivity index (χ0) is 26.9. The molecular formula is C28H33N3O5P+. The van der Waals surface area contributed by atoms with E-state index in [1.807, 2.05) is 92.3 Å². The lowest BCUT2D eigenvalue weighted by molar-refractivity contribution is 0.0770. The fraction of sp³-hybridized carbons (Fsp3) is 0.286. The summed E-state index contributed by atoms with van der Waals surface area (Å²) in [6.07, 6.45) is 0. The maximum Gasteiger partial charge on any atom is 0.325 e. The van der Waals surface area contributed by atoms with E-state index in [-0.39, 0.29) is 19.1 Å². The van der Waals surface area contributed by atoms with Crippen molar-refractivity contribution in [3.63, 3.8) is 0 Å². The predicted molar refractivity (Wildman–Crippen MR) is 148 cm³/mol. The minimum Gasteiger partial charge on any atom is -0.456 e. The third kappa shape index (κ3) is 5.77. The van der Waals surface area contributed by atoms with Crippen LogP contribution in [0.3, 0.4) is 0 Å². The van der Waals surface area contributed by atoms with Crippen LogP contribution in [-0.4, -0.2) is 70.8 Å². The van der Waals surface area contributed by atoms with E-state index in [9.17, 15) is 14.3 Å². The average molecular weight is 523 g/mol. The molecule has 2 aromatic carbocycles. The Bertz CT molecular complexity index is 1550. The molecule has 1 aliphatic carbocycles. The molecule has 1 aliphatic heterocycles. The minimum absolute atomic E-state index is 0.0363. The second-order valence-corrected chi connectivity index (χ2v) is 11.4. The van der Waals surface area contributed by atoms with E-state index in [0.717, 1.165) is 51.1 Å². The van der Waals surface area contributed by atoms with E-state index in [1.165, 1.54) is 4.90 Å². The quantitative estimate of drug-likeness (QED) is 0.222. The van der Waals surface area contributed by atoms with E-state index in [4.69, 9.17) is 8.94 Å². The van der Waals surface area contributed by atoms with Gasteiger partial charge in [0.2, 0.25) is 5.36 Å². The van der Waals surface area contributed by atoms with Gasteiger partial charge in [0.05, 0.1) is 12.7 Å². The number of amides is 1. The molecule has 1 amide bonds. The molecule has 0 saturated heterocycles. The molecule has 2 aliphatic rings. The van der Waals surface area contributed by atoms with E-state index in [1.54, 1.807) is 13.1 Å². The number of fused-ring (bicyclic) bond motifs is 2. The molecule has 194 valence electrons. The van der Waals surface area contributed by atoms with Crippen LogP contribution in [0.5, 0.6) is 0 Å². The highest BCUT2D eigenvalue weighted by molar-refractivity contribution is 7.51. The van der Waals surface area contributed by atoms with E-state index >= 15 is 0 Å². The summed E-state index contributed by atoms with van der Waals surface area (Å²) < 4.78 is 24.9. The van der Waals surface area contributed by atoms with Crippen molar-refractivity contribution in [2.75, 3.05) is 60.0 Å². The Hall–Kier alpha value is -3.45. The summed E-state index contributed by atoms with van der Waals surface area (Å²) in [5, 5.41) is 1.90. The average Bonchev–Trinajstić information content (AvgIpc) is 2.85. The second kappa shape index (κ2) is 10.5. The number of anilines is 1. The maximum atomic E-state index is 13.6. The van der Waals surface area contributed by atoms with Crippen molar-refractivity contribution in [2.45, 2.75) is 0 Å². The summed E-state index contributed by atoms with van der Waals surface area (Å²) >= 11 is 0. The molecular weight excluding hydrogens is 489 g/mol. The van der Waals surface area contributed by atoms with Gasteiger partial charge in [-0.3, -0.25) is 9.36 Å². The van der Waals surface area contributed by atoms with Crippen LogP contribution in [0.15, 0.2) is 65.1 Å². The lowest BCUT2D eigenvalue weighted by Gasteiger charge is -2.22. The third-order valence-electron chi connectivity index (χ3n) is 6.25. The van der Waals surface area contributed by atoms with E-state index in [2.05, 4.69) is 0 Å². The van der Waals surface area contributed by atoms with Crippen LogP contribution >= 0.6 is 7.60 Å². The molecule has 37 heavy (non-hydrogen) atoms. The fourth-order valence-corrected chi connectivity index (χ4v) is 4.68. The molecule has 0 spiro atoms. The first-order chi connectivity index (χ1) is 17.5. The Morgan fingerprint density at radius 3 is 2.43 bits per heavy atom. The second-order valence-electron chi connectivity index (χ2n) is 9.54. The Balaban J connectivity index is 1.91. The molecule has 0 saturated carbocycles. The number of benzene rings is 3. The van der Waals surface area contributed by atoms with Gasteiger partial charge in [-0.1, -0.05) is 18.2 Å². The molecule has 1 unspecified atom stereocenters. The summed E-state index contributed by atoms with van der Waals surface area (Å²) in [4.78, 5) is 26.5. The molecule has 4 rings (SSSR count). The lowest BCUT2D eigenvalue weighted by atomic mass is 9.90. The smallest absolute Gasteiger partial charge is 0.325 e. The standard InChI is InChI=1S/C28H32N3O5P/c1-29(2)19-11-13-23-25(17-19)36-26-18-20(30(3)4)12-14-24(26)27(23)21-9-7-8-10-22(21)28(32)31(5)15-16-35-37(6,33)34/h7-14,17-18H,15-16H2,1-6H3/p+1. The SMILES string of the molecule is CN(CCOP(C)(=O)O)C(=O)c1ccccc1-c1c2ccc(=[N+](C)C)cc-2oc2cc(N(C)C)ccc12. The fourth-order valence-electron chi connectivity index (χ4n) is 4.26. The Kier molecular flexibility index (Phi) is 7.55. The first kappa shape index (κ1) is 26.6. The van der Waals surface area contributed by atoms with Crippen molar-refractivity contribution in [3.05, 3.63) is 71.6 Å². The Morgan fingerprint density at radius 1 is 1.03 bits per heavy atom. The van der Waals surface area contributed by atoms with Gasteiger partial charge in [0.1, 0.15) is 25.4 Å². The summed E-state index contributed by atoms with van der Waals surface area (Å²) in [5.74, 6) is 0.509. The number of nitrogens with zero attached hydrogens (tertiary/aromatic N) is 3. The van der Waals surface area contributed by atoms with E-state index in [0.29, 0.717) is 5.56 Å². The van der Waals surface area contributed by atoms with Gasteiger partial charge in [-0.2, -0.15) is 0 Å². The number of carbonyl (C=O) groups is 1. The zero-order valence-corrected chi connectivity index (χ0v) is 23.0. The van der Waals surface area contributed by atoms with E-state index < -0.39 is 7.60 Å². The molecule has 0 bridgehead atoms. The molecule has 2 aromatic rings. The highest BCUT2D eigenvalue weighted by Crippen LogP contribution is 2.42. The van der Waals surface area contributed by atoms with Crippen molar-refractivity contribution >= 4 is 30.2 Å². The third-order valence-corrected chi connectivity index (χ3v) is 6.91. The summed E-state index contributed by atoms with van der Waals surface area (Å²) in [6, 6.07) is 19.6.